The minimum Gasteiger partial charge on any atom is -0.279 e. The predicted octanol–water partition coefficient (Wildman–Crippen LogP) is 2.85. The molecule has 0 spiro atoms. The van der Waals surface area contributed by atoms with E-state index >= 15 is 0 Å². The number of H-pyrrole nitrogens is 1. The zero-order chi connectivity index (χ0) is 10.1. The maximum Gasteiger partial charge on any atom is 0.113 e. The second-order valence-corrected chi connectivity index (χ2v) is 3.79. The molecule has 1 aliphatic rings. The highest BCUT2D eigenvalue weighted by Gasteiger charge is 2.17. The van der Waals surface area contributed by atoms with E-state index in [0.29, 0.717) is 0 Å². The number of aromatic amines is 1. The van der Waals surface area contributed by atoms with Crippen molar-refractivity contribution in [1.82, 2.24) is 10.2 Å². The van der Waals surface area contributed by atoms with Gasteiger partial charge in [-0.1, -0.05) is 18.2 Å². The number of azo groups is 1. The van der Waals surface area contributed by atoms with Crippen molar-refractivity contribution in [3.8, 4) is 0 Å². The molecule has 2 aromatic rings. The first kappa shape index (κ1) is 8.59. The van der Waals surface area contributed by atoms with Crippen LogP contribution in [0.2, 0.25) is 0 Å². The Balaban J connectivity index is 2.10. The lowest BCUT2D eigenvalue weighted by molar-refractivity contribution is 0.522. The molecule has 1 aliphatic heterocycles. The first-order valence-corrected chi connectivity index (χ1v) is 5.25. The van der Waals surface area contributed by atoms with Crippen LogP contribution in [0.5, 0.6) is 0 Å². The number of aromatic nitrogens is 2. The van der Waals surface area contributed by atoms with Crippen molar-refractivity contribution >= 4 is 10.9 Å². The van der Waals surface area contributed by atoms with E-state index in [-0.39, 0.29) is 6.04 Å². The van der Waals surface area contributed by atoms with Crippen molar-refractivity contribution < 1.29 is 0 Å². The summed E-state index contributed by atoms with van der Waals surface area (Å²) in [6.45, 7) is 0.864. The van der Waals surface area contributed by atoms with Crippen LogP contribution >= 0.6 is 0 Å². The van der Waals surface area contributed by atoms with Crippen LogP contribution in [-0.2, 0) is 0 Å². The highest BCUT2D eigenvalue weighted by molar-refractivity contribution is 5.81. The third-order valence-electron chi connectivity index (χ3n) is 2.78. The molecule has 1 aromatic carbocycles. The smallest absolute Gasteiger partial charge is 0.113 e. The average Bonchev–Trinajstić information content (AvgIpc) is 2.74. The number of nitrogens with one attached hydrogen (secondary N) is 1. The fraction of sp³-hybridized carbons (Fsp3) is 0.364. The molecule has 4 nitrogen and oxygen atoms in total. The van der Waals surface area contributed by atoms with Gasteiger partial charge in [-0.2, -0.15) is 15.3 Å². The molecule has 3 rings (SSSR count). The lowest BCUT2D eigenvalue weighted by Crippen LogP contribution is -2.02. The summed E-state index contributed by atoms with van der Waals surface area (Å²) in [5.74, 6) is 0. The van der Waals surface area contributed by atoms with Crippen LogP contribution < -0.4 is 0 Å². The van der Waals surface area contributed by atoms with E-state index in [1.807, 2.05) is 18.2 Å². The van der Waals surface area contributed by atoms with Gasteiger partial charge in [0.05, 0.1) is 17.8 Å². The van der Waals surface area contributed by atoms with Crippen molar-refractivity contribution in [3.05, 3.63) is 30.0 Å². The van der Waals surface area contributed by atoms with Crippen molar-refractivity contribution in [3.63, 3.8) is 0 Å². The monoisotopic (exact) mass is 200 g/mol. The molecule has 1 unspecified atom stereocenters. The van der Waals surface area contributed by atoms with Gasteiger partial charge < -0.3 is 0 Å². The zero-order valence-electron chi connectivity index (χ0n) is 8.35. The number of fused-ring (bicyclic) bond motifs is 1. The van der Waals surface area contributed by atoms with Crippen LogP contribution in [0.15, 0.2) is 34.5 Å². The molecule has 0 saturated heterocycles. The SMILES string of the molecule is c1ccc2c(C3CCCN=N3)[nH]nc2c1. The van der Waals surface area contributed by atoms with Gasteiger partial charge in [0.15, 0.2) is 0 Å². The molecule has 1 aromatic heterocycles. The second-order valence-electron chi connectivity index (χ2n) is 3.79. The van der Waals surface area contributed by atoms with Gasteiger partial charge in [-0.05, 0) is 18.9 Å². The average molecular weight is 200 g/mol. The Labute approximate surface area is 87.4 Å². The molecule has 1 N–H and O–H groups in total. The number of benzene rings is 1. The van der Waals surface area contributed by atoms with Crippen LogP contribution in [0.1, 0.15) is 24.6 Å². The maximum absolute atomic E-state index is 4.28. The number of rotatable bonds is 1. The van der Waals surface area contributed by atoms with Gasteiger partial charge in [0.2, 0.25) is 0 Å². The number of nitrogens with zero attached hydrogens (tertiary/aromatic N) is 3. The molecular weight excluding hydrogens is 188 g/mol. The Morgan fingerprint density at radius 3 is 3.07 bits per heavy atom. The van der Waals surface area contributed by atoms with Gasteiger partial charge in [0.1, 0.15) is 6.04 Å². The summed E-state index contributed by atoms with van der Waals surface area (Å²) < 4.78 is 0. The second kappa shape index (κ2) is 3.46. The summed E-state index contributed by atoms with van der Waals surface area (Å²) in [7, 11) is 0. The minimum absolute atomic E-state index is 0.172. The van der Waals surface area contributed by atoms with Crippen molar-refractivity contribution in [2.75, 3.05) is 6.54 Å². The van der Waals surface area contributed by atoms with E-state index in [9.17, 15) is 0 Å². The fourth-order valence-electron chi connectivity index (χ4n) is 2.01. The molecule has 1 atom stereocenters. The van der Waals surface area contributed by atoms with Crippen LogP contribution in [0.25, 0.3) is 10.9 Å². The fourth-order valence-corrected chi connectivity index (χ4v) is 2.01. The molecular formula is C11H12N4. The Bertz CT molecular complexity index is 500. The third kappa shape index (κ3) is 1.42. The summed E-state index contributed by atoms with van der Waals surface area (Å²) in [6, 6.07) is 8.29. The summed E-state index contributed by atoms with van der Waals surface area (Å²) in [5, 5.41) is 16.9. The van der Waals surface area contributed by atoms with Crippen molar-refractivity contribution in [1.29, 1.82) is 0 Å². The molecule has 2 heterocycles. The quantitative estimate of drug-likeness (QED) is 0.756. The summed E-state index contributed by atoms with van der Waals surface area (Å²) >= 11 is 0. The molecule has 15 heavy (non-hydrogen) atoms. The van der Waals surface area contributed by atoms with E-state index in [0.717, 1.165) is 30.6 Å². The first-order valence-electron chi connectivity index (χ1n) is 5.25. The largest absolute Gasteiger partial charge is 0.279 e. The van der Waals surface area contributed by atoms with Gasteiger partial charge in [-0.25, -0.2) is 0 Å². The number of hydrogen-bond acceptors (Lipinski definition) is 3. The van der Waals surface area contributed by atoms with E-state index < -0.39 is 0 Å². The molecule has 0 fully saturated rings. The zero-order valence-corrected chi connectivity index (χ0v) is 8.35. The Morgan fingerprint density at radius 1 is 1.27 bits per heavy atom. The topological polar surface area (TPSA) is 53.4 Å². The van der Waals surface area contributed by atoms with Gasteiger partial charge in [0, 0.05) is 5.39 Å². The molecule has 76 valence electrons. The van der Waals surface area contributed by atoms with E-state index in [1.54, 1.807) is 0 Å². The number of hydrogen-bond donors (Lipinski definition) is 1. The van der Waals surface area contributed by atoms with Gasteiger partial charge >= 0.3 is 0 Å². The maximum atomic E-state index is 4.28. The lowest BCUT2D eigenvalue weighted by Gasteiger charge is -2.12. The van der Waals surface area contributed by atoms with Gasteiger partial charge in [-0.3, -0.25) is 5.10 Å². The molecule has 0 aliphatic carbocycles. The van der Waals surface area contributed by atoms with Gasteiger partial charge in [-0.15, -0.1) is 0 Å². The summed E-state index contributed by atoms with van der Waals surface area (Å²) in [4.78, 5) is 0. The van der Waals surface area contributed by atoms with Gasteiger partial charge in [0.25, 0.3) is 0 Å². The molecule has 4 heteroatoms. The highest BCUT2D eigenvalue weighted by Crippen LogP contribution is 2.29. The van der Waals surface area contributed by atoms with Crippen LogP contribution in [0, 0.1) is 0 Å². The Kier molecular flexibility index (Phi) is 1.98. The third-order valence-corrected chi connectivity index (χ3v) is 2.78. The van der Waals surface area contributed by atoms with E-state index in [4.69, 9.17) is 0 Å². The van der Waals surface area contributed by atoms with Crippen molar-refractivity contribution in [2.24, 2.45) is 10.2 Å². The standard InChI is InChI=1S/C11H12N4/c1-2-5-9-8(4-1)11(15-14-9)10-6-3-7-12-13-10/h1-2,4-5,10H,3,6-7H2,(H,14,15). The summed E-state index contributed by atoms with van der Waals surface area (Å²) in [6.07, 6.45) is 2.18. The predicted molar refractivity (Wildman–Crippen MR) is 57.8 cm³/mol. The van der Waals surface area contributed by atoms with Crippen LogP contribution in [0.3, 0.4) is 0 Å². The van der Waals surface area contributed by atoms with Crippen LogP contribution in [-0.4, -0.2) is 16.7 Å². The molecule has 0 saturated carbocycles. The highest BCUT2D eigenvalue weighted by atomic mass is 15.2. The molecule has 0 amide bonds. The Hall–Kier alpha value is -1.71. The molecule has 0 bridgehead atoms. The van der Waals surface area contributed by atoms with Crippen LogP contribution in [0.4, 0.5) is 0 Å². The minimum atomic E-state index is 0.172. The molecule has 0 radical (unpaired) electrons. The summed E-state index contributed by atoms with van der Waals surface area (Å²) in [5.41, 5.74) is 2.11. The Morgan fingerprint density at radius 2 is 2.20 bits per heavy atom. The number of para-hydroxylation sites is 1. The van der Waals surface area contributed by atoms with E-state index in [2.05, 4.69) is 26.5 Å². The normalized spacial score (nSPS) is 20.9. The van der Waals surface area contributed by atoms with E-state index in [1.165, 1.54) is 5.39 Å². The first-order chi connectivity index (χ1) is 7.45. The lowest BCUT2D eigenvalue weighted by atomic mass is 10.0. The van der Waals surface area contributed by atoms with Crippen molar-refractivity contribution in [2.45, 2.75) is 18.9 Å².